The maximum atomic E-state index is 12.0. The Kier molecular flexibility index (Phi) is 4.36. The number of thiophene rings is 1. The van der Waals surface area contributed by atoms with E-state index in [1.165, 1.54) is 11.3 Å². The van der Waals surface area contributed by atoms with Crippen molar-refractivity contribution in [3.63, 3.8) is 0 Å². The molecule has 2 heterocycles. The van der Waals surface area contributed by atoms with E-state index in [0.717, 1.165) is 5.33 Å². The molecule has 7 heteroatoms. The number of hydrogen-bond acceptors (Lipinski definition) is 5. The van der Waals surface area contributed by atoms with Gasteiger partial charge in [0.2, 0.25) is 0 Å². The van der Waals surface area contributed by atoms with Gasteiger partial charge in [-0.15, -0.1) is 11.3 Å². The van der Waals surface area contributed by atoms with Crippen LogP contribution in [0.4, 0.5) is 0 Å². The third-order valence-corrected chi connectivity index (χ3v) is 4.20. The van der Waals surface area contributed by atoms with Crippen molar-refractivity contribution in [2.45, 2.75) is 20.3 Å². The zero-order valence-corrected chi connectivity index (χ0v) is 13.0. The van der Waals surface area contributed by atoms with Crippen LogP contribution in [0, 0.1) is 6.92 Å². The molecule has 0 bridgehead atoms. The second-order valence-electron chi connectivity index (χ2n) is 3.91. The first-order chi connectivity index (χ1) is 9.08. The number of aromatic amines is 1. The van der Waals surface area contributed by atoms with E-state index in [-0.39, 0.29) is 5.56 Å². The number of H-pyrrole nitrogens is 1. The van der Waals surface area contributed by atoms with Gasteiger partial charge in [-0.3, -0.25) is 4.79 Å². The number of fused-ring (bicyclic) bond motifs is 1. The van der Waals surface area contributed by atoms with Crippen molar-refractivity contribution >= 4 is 43.5 Å². The van der Waals surface area contributed by atoms with Crippen molar-refractivity contribution in [2.24, 2.45) is 0 Å². The molecule has 0 aliphatic carbocycles. The normalized spacial score (nSPS) is 10.9. The van der Waals surface area contributed by atoms with E-state index in [9.17, 15) is 9.59 Å². The molecule has 102 valence electrons. The Bertz CT molecular complexity index is 677. The number of carbonyl (C=O) groups excluding carboxylic acids is 1. The molecular formula is C12H13BrN2O3S. The topological polar surface area (TPSA) is 72.0 Å². The molecule has 2 rings (SSSR count). The van der Waals surface area contributed by atoms with Gasteiger partial charge in [-0.1, -0.05) is 15.9 Å². The van der Waals surface area contributed by atoms with Crippen LogP contribution in [0.15, 0.2) is 4.79 Å². The predicted molar refractivity (Wildman–Crippen MR) is 78.4 cm³/mol. The van der Waals surface area contributed by atoms with Crippen molar-refractivity contribution in [1.82, 2.24) is 9.97 Å². The monoisotopic (exact) mass is 344 g/mol. The summed E-state index contributed by atoms with van der Waals surface area (Å²) in [5.41, 5.74) is 0.433. The van der Waals surface area contributed by atoms with Crippen LogP contribution in [0.2, 0.25) is 0 Å². The summed E-state index contributed by atoms with van der Waals surface area (Å²) in [6.07, 6.45) is 0.636. The zero-order chi connectivity index (χ0) is 14.0. The van der Waals surface area contributed by atoms with Crippen LogP contribution < -0.4 is 5.56 Å². The van der Waals surface area contributed by atoms with Crippen LogP contribution in [-0.2, 0) is 11.2 Å². The summed E-state index contributed by atoms with van der Waals surface area (Å²) in [5, 5.41) is 1.20. The first kappa shape index (κ1) is 14.2. The quantitative estimate of drug-likeness (QED) is 0.682. The molecule has 0 aliphatic heterocycles. The highest BCUT2D eigenvalue weighted by Crippen LogP contribution is 2.27. The standard InChI is InChI=1S/C12H13BrN2O3S/c1-3-18-12(17)9-6(2)8-10(16)14-7(4-5-13)15-11(8)19-9/h3-5H2,1-2H3,(H,14,15,16). The van der Waals surface area contributed by atoms with Gasteiger partial charge >= 0.3 is 5.97 Å². The highest BCUT2D eigenvalue weighted by atomic mass is 79.9. The summed E-state index contributed by atoms with van der Waals surface area (Å²) in [7, 11) is 0. The number of carbonyl (C=O) groups is 1. The molecule has 2 aromatic rings. The Morgan fingerprint density at radius 1 is 1.53 bits per heavy atom. The van der Waals surface area contributed by atoms with Gasteiger partial charge in [0.1, 0.15) is 15.5 Å². The Labute approximate surface area is 122 Å². The van der Waals surface area contributed by atoms with Crippen LogP contribution >= 0.6 is 27.3 Å². The molecule has 0 spiro atoms. The average Bonchev–Trinajstić information content (AvgIpc) is 2.68. The van der Waals surface area contributed by atoms with Gasteiger partial charge in [-0.25, -0.2) is 9.78 Å². The number of nitrogens with zero attached hydrogens (tertiary/aromatic N) is 1. The third-order valence-electron chi connectivity index (χ3n) is 2.64. The molecule has 0 amide bonds. The molecule has 0 saturated heterocycles. The smallest absolute Gasteiger partial charge is 0.348 e. The van der Waals surface area contributed by atoms with Crippen LogP contribution in [0.25, 0.3) is 10.2 Å². The number of aryl methyl sites for hydroxylation is 2. The number of alkyl halides is 1. The van der Waals surface area contributed by atoms with E-state index < -0.39 is 5.97 Å². The SMILES string of the molecule is CCOC(=O)c1sc2nc(CCBr)[nH]c(=O)c2c1C. The first-order valence-electron chi connectivity index (χ1n) is 5.83. The third kappa shape index (κ3) is 2.71. The lowest BCUT2D eigenvalue weighted by atomic mass is 10.2. The second-order valence-corrected chi connectivity index (χ2v) is 5.70. The van der Waals surface area contributed by atoms with E-state index in [2.05, 4.69) is 25.9 Å². The van der Waals surface area contributed by atoms with Gasteiger partial charge in [0.25, 0.3) is 5.56 Å². The summed E-state index contributed by atoms with van der Waals surface area (Å²) in [5.74, 6) is 0.218. The molecule has 19 heavy (non-hydrogen) atoms. The number of halogens is 1. The summed E-state index contributed by atoms with van der Waals surface area (Å²) in [6.45, 7) is 3.80. The van der Waals surface area contributed by atoms with Crippen LogP contribution in [-0.4, -0.2) is 27.9 Å². The number of ether oxygens (including phenoxy) is 1. The van der Waals surface area contributed by atoms with Gasteiger partial charge in [0.05, 0.1) is 12.0 Å². The molecule has 0 fully saturated rings. The summed E-state index contributed by atoms with van der Waals surface area (Å²) in [6, 6.07) is 0. The maximum Gasteiger partial charge on any atom is 0.348 e. The molecule has 1 N–H and O–H groups in total. The van der Waals surface area contributed by atoms with Crippen molar-refractivity contribution in [2.75, 3.05) is 11.9 Å². The van der Waals surface area contributed by atoms with Crippen molar-refractivity contribution in [1.29, 1.82) is 0 Å². The van der Waals surface area contributed by atoms with Gasteiger partial charge in [0, 0.05) is 11.8 Å². The fraction of sp³-hybridized carbons (Fsp3) is 0.417. The lowest BCUT2D eigenvalue weighted by Crippen LogP contribution is -2.12. The largest absolute Gasteiger partial charge is 0.462 e. The lowest BCUT2D eigenvalue weighted by Gasteiger charge is -1.99. The summed E-state index contributed by atoms with van der Waals surface area (Å²) in [4.78, 5) is 32.0. The number of rotatable bonds is 4. The van der Waals surface area contributed by atoms with Crippen molar-refractivity contribution < 1.29 is 9.53 Å². The molecule has 0 atom stereocenters. The number of aromatic nitrogens is 2. The molecular weight excluding hydrogens is 332 g/mol. The molecule has 2 aromatic heterocycles. The number of hydrogen-bond donors (Lipinski definition) is 1. The molecule has 5 nitrogen and oxygen atoms in total. The summed E-state index contributed by atoms with van der Waals surface area (Å²) < 4.78 is 4.98. The predicted octanol–water partition coefficient (Wildman–Crippen LogP) is 2.41. The van der Waals surface area contributed by atoms with Crippen molar-refractivity contribution in [3.8, 4) is 0 Å². The highest BCUT2D eigenvalue weighted by molar-refractivity contribution is 9.09. The molecule has 0 saturated carbocycles. The second kappa shape index (κ2) is 5.83. The van der Waals surface area contributed by atoms with E-state index in [4.69, 9.17) is 4.74 Å². The van der Waals surface area contributed by atoms with Gasteiger partial charge in [0.15, 0.2) is 0 Å². The number of nitrogens with one attached hydrogen (secondary N) is 1. The Morgan fingerprint density at radius 2 is 2.26 bits per heavy atom. The van der Waals surface area contributed by atoms with E-state index in [0.29, 0.717) is 39.5 Å². The van der Waals surface area contributed by atoms with Crippen LogP contribution in [0.3, 0.4) is 0 Å². The summed E-state index contributed by atoms with van der Waals surface area (Å²) >= 11 is 4.51. The Morgan fingerprint density at radius 3 is 2.89 bits per heavy atom. The van der Waals surface area contributed by atoms with Gasteiger partial charge in [-0.2, -0.15) is 0 Å². The maximum absolute atomic E-state index is 12.0. The molecule has 0 unspecified atom stereocenters. The van der Waals surface area contributed by atoms with E-state index in [1.807, 2.05) is 0 Å². The van der Waals surface area contributed by atoms with Crippen LogP contribution in [0.5, 0.6) is 0 Å². The Hall–Kier alpha value is -1.21. The first-order valence-corrected chi connectivity index (χ1v) is 7.77. The molecule has 0 aliphatic rings. The lowest BCUT2D eigenvalue weighted by molar-refractivity contribution is 0.0531. The zero-order valence-electron chi connectivity index (χ0n) is 10.6. The fourth-order valence-electron chi connectivity index (χ4n) is 1.79. The molecule has 0 radical (unpaired) electrons. The van der Waals surface area contributed by atoms with Gasteiger partial charge in [-0.05, 0) is 19.4 Å². The van der Waals surface area contributed by atoms with Crippen LogP contribution in [0.1, 0.15) is 28.0 Å². The fourth-order valence-corrected chi connectivity index (χ4v) is 3.26. The highest BCUT2D eigenvalue weighted by Gasteiger charge is 2.19. The minimum Gasteiger partial charge on any atom is -0.462 e. The van der Waals surface area contributed by atoms with Gasteiger partial charge < -0.3 is 9.72 Å². The van der Waals surface area contributed by atoms with E-state index in [1.54, 1.807) is 13.8 Å². The minimum atomic E-state index is -0.399. The average molecular weight is 345 g/mol. The van der Waals surface area contributed by atoms with Crippen molar-refractivity contribution in [3.05, 3.63) is 26.6 Å². The molecule has 0 aromatic carbocycles. The minimum absolute atomic E-state index is 0.203. The number of esters is 1. The Balaban J connectivity index is 2.59. The van der Waals surface area contributed by atoms with E-state index >= 15 is 0 Å².